The van der Waals surface area contributed by atoms with Crippen LogP contribution in [-0.2, 0) is 0 Å². The van der Waals surface area contributed by atoms with Crippen LogP contribution >= 0.6 is 12.2 Å². The van der Waals surface area contributed by atoms with Gasteiger partial charge in [0, 0.05) is 10.9 Å². The molecule has 4 rings (SSSR count). The third kappa shape index (κ3) is 2.35. The van der Waals surface area contributed by atoms with Crippen LogP contribution < -0.4 is 0 Å². The molecule has 0 aliphatic rings. The van der Waals surface area contributed by atoms with Gasteiger partial charge in [0.1, 0.15) is 0 Å². The van der Waals surface area contributed by atoms with Gasteiger partial charge in [0.2, 0.25) is 5.89 Å². The molecule has 5 heteroatoms. The van der Waals surface area contributed by atoms with Crippen molar-refractivity contribution in [2.45, 2.75) is 6.92 Å². The highest BCUT2D eigenvalue weighted by Gasteiger charge is 2.17. The van der Waals surface area contributed by atoms with Crippen molar-refractivity contribution in [3.63, 3.8) is 0 Å². The molecule has 23 heavy (non-hydrogen) atoms. The number of aromatic amines is 1. The number of rotatable bonds is 2. The first-order valence-corrected chi connectivity index (χ1v) is 7.65. The molecule has 0 fully saturated rings. The zero-order chi connectivity index (χ0) is 15.8. The predicted octanol–water partition coefficient (Wildman–Crippen LogP) is 4.92. The Balaban J connectivity index is 2.11. The van der Waals surface area contributed by atoms with Crippen LogP contribution in [0.5, 0.6) is 0 Å². The van der Waals surface area contributed by atoms with E-state index in [9.17, 15) is 0 Å². The fourth-order valence-corrected chi connectivity index (χ4v) is 2.92. The fraction of sp³-hybridized carbons (Fsp3) is 0.0556. The number of hydrogen-bond acceptors (Lipinski definition) is 4. The minimum atomic E-state index is 0.265. The normalized spacial score (nSPS) is 11.0. The van der Waals surface area contributed by atoms with Gasteiger partial charge in [-0.2, -0.15) is 0 Å². The fourth-order valence-electron chi connectivity index (χ4n) is 2.80. The average molecular weight is 319 g/mol. The summed E-state index contributed by atoms with van der Waals surface area (Å²) in [5, 5.41) is 7.90. The van der Waals surface area contributed by atoms with Crippen LogP contribution in [0.15, 0.2) is 59.0 Å². The molecule has 0 spiro atoms. The van der Waals surface area contributed by atoms with Crippen LogP contribution in [0.4, 0.5) is 0 Å². The molecule has 1 N–H and O–H groups in total. The summed E-state index contributed by atoms with van der Waals surface area (Å²) in [5.74, 6) is 0.489. The number of hydrogen-bond donors (Lipinski definition) is 1. The lowest BCUT2D eigenvalue weighted by Gasteiger charge is -2.12. The highest BCUT2D eigenvalue weighted by molar-refractivity contribution is 7.71. The standard InChI is InChI=1S/C18H13N3OS/c1-11-15(17-20-21-18(23)22-17)13-9-5-6-10-14(13)19-16(11)12-7-3-2-4-8-12/h2-10H,1H3,(H,21,23). The molecule has 0 aliphatic heterocycles. The highest BCUT2D eigenvalue weighted by atomic mass is 32.1. The Morgan fingerprint density at radius 1 is 1.00 bits per heavy atom. The number of pyridine rings is 1. The van der Waals surface area contributed by atoms with Crippen molar-refractivity contribution in [2.24, 2.45) is 0 Å². The smallest absolute Gasteiger partial charge is 0.284 e. The first-order chi connectivity index (χ1) is 11.2. The van der Waals surface area contributed by atoms with E-state index in [4.69, 9.17) is 21.6 Å². The van der Waals surface area contributed by atoms with Crippen LogP contribution in [-0.4, -0.2) is 15.2 Å². The van der Waals surface area contributed by atoms with Crippen molar-refractivity contribution < 1.29 is 4.42 Å². The van der Waals surface area contributed by atoms with E-state index < -0.39 is 0 Å². The van der Waals surface area contributed by atoms with Gasteiger partial charge in [0.25, 0.3) is 4.84 Å². The second-order valence-electron chi connectivity index (χ2n) is 5.26. The summed E-state index contributed by atoms with van der Waals surface area (Å²) in [6, 6.07) is 18.1. The van der Waals surface area contributed by atoms with Gasteiger partial charge in [-0.3, -0.25) is 0 Å². The summed E-state index contributed by atoms with van der Waals surface area (Å²) in [5.41, 5.74) is 4.81. The summed E-state index contributed by atoms with van der Waals surface area (Å²) in [7, 11) is 0. The first kappa shape index (κ1) is 13.8. The second-order valence-corrected chi connectivity index (χ2v) is 5.63. The summed E-state index contributed by atoms with van der Waals surface area (Å²) in [4.78, 5) is 5.10. The zero-order valence-corrected chi connectivity index (χ0v) is 13.2. The van der Waals surface area contributed by atoms with Gasteiger partial charge in [-0.05, 0) is 30.8 Å². The maximum absolute atomic E-state index is 5.57. The third-order valence-electron chi connectivity index (χ3n) is 3.84. The monoisotopic (exact) mass is 319 g/mol. The van der Waals surface area contributed by atoms with Crippen molar-refractivity contribution in [3.05, 3.63) is 65.0 Å². The summed E-state index contributed by atoms with van der Waals surface area (Å²) >= 11 is 5.02. The molecular weight excluding hydrogens is 306 g/mol. The highest BCUT2D eigenvalue weighted by Crippen LogP contribution is 2.35. The largest absolute Gasteiger partial charge is 0.409 e. The van der Waals surface area contributed by atoms with E-state index in [0.717, 1.165) is 33.3 Å². The van der Waals surface area contributed by atoms with Crippen molar-refractivity contribution in [2.75, 3.05) is 0 Å². The van der Waals surface area contributed by atoms with E-state index in [-0.39, 0.29) is 4.84 Å². The number of H-pyrrole nitrogens is 1. The third-order valence-corrected chi connectivity index (χ3v) is 4.01. The van der Waals surface area contributed by atoms with E-state index in [1.807, 2.05) is 61.5 Å². The van der Waals surface area contributed by atoms with Gasteiger partial charge in [0.05, 0.1) is 16.8 Å². The summed E-state index contributed by atoms with van der Waals surface area (Å²) < 4.78 is 5.57. The average Bonchev–Trinajstić information content (AvgIpc) is 3.01. The molecule has 4 aromatic rings. The SMILES string of the molecule is Cc1c(-c2ccccc2)nc2ccccc2c1-c1n[nH]c(=S)o1. The summed E-state index contributed by atoms with van der Waals surface area (Å²) in [6.07, 6.45) is 0. The lowest BCUT2D eigenvalue weighted by molar-refractivity contribution is 0.552. The Labute approximate surface area is 137 Å². The van der Waals surface area contributed by atoms with Crippen LogP contribution in [0.1, 0.15) is 5.56 Å². The van der Waals surface area contributed by atoms with Gasteiger partial charge in [-0.1, -0.05) is 48.5 Å². The molecule has 112 valence electrons. The molecule has 0 amide bonds. The van der Waals surface area contributed by atoms with E-state index in [1.54, 1.807) is 0 Å². The molecule has 0 saturated heterocycles. The molecule has 2 aromatic carbocycles. The van der Waals surface area contributed by atoms with E-state index >= 15 is 0 Å². The van der Waals surface area contributed by atoms with Crippen molar-refractivity contribution in [3.8, 4) is 22.7 Å². The maximum Gasteiger partial charge on any atom is 0.284 e. The van der Waals surface area contributed by atoms with Gasteiger partial charge in [-0.25, -0.2) is 10.1 Å². The van der Waals surface area contributed by atoms with Crippen LogP contribution in [0.25, 0.3) is 33.6 Å². The van der Waals surface area contributed by atoms with Gasteiger partial charge >= 0.3 is 0 Å². The molecule has 2 heterocycles. The van der Waals surface area contributed by atoms with Crippen LogP contribution in [0, 0.1) is 11.8 Å². The molecule has 2 aromatic heterocycles. The molecule has 0 radical (unpaired) electrons. The van der Waals surface area contributed by atoms with Crippen LogP contribution in [0.3, 0.4) is 0 Å². The molecule has 0 aliphatic carbocycles. The Morgan fingerprint density at radius 3 is 2.48 bits per heavy atom. The molecule has 4 nitrogen and oxygen atoms in total. The Kier molecular flexibility index (Phi) is 3.28. The summed E-state index contributed by atoms with van der Waals surface area (Å²) in [6.45, 7) is 2.03. The first-order valence-electron chi connectivity index (χ1n) is 7.24. The lowest BCUT2D eigenvalue weighted by atomic mass is 9.98. The predicted molar refractivity (Wildman–Crippen MR) is 92.6 cm³/mol. The molecule has 0 unspecified atom stereocenters. The second kappa shape index (κ2) is 5.44. The van der Waals surface area contributed by atoms with Gasteiger partial charge in [-0.15, -0.1) is 5.10 Å². The molecule has 0 saturated carbocycles. The van der Waals surface area contributed by atoms with Gasteiger partial charge in [0.15, 0.2) is 0 Å². The minimum Gasteiger partial charge on any atom is -0.409 e. The number of fused-ring (bicyclic) bond motifs is 1. The Bertz CT molecular complexity index is 1050. The molecular formula is C18H13N3OS. The van der Waals surface area contributed by atoms with Crippen molar-refractivity contribution in [1.82, 2.24) is 15.2 Å². The number of nitrogens with zero attached hydrogens (tertiary/aromatic N) is 2. The van der Waals surface area contributed by atoms with Crippen molar-refractivity contribution >= 4 is 23.1 Å². The Hall–Kier alpha value is -2.79. The maximum atomic E-state index is 5.57. The number of aromatic nitrogens is 3. The minimum absolute atomic E-state index is 0.265. The number of nitrogens with one attached hydrogen (secondary N) is 1. The molecule has 0 atom stereocenters. The Morgan fingerprint density at radius 2 is 1.74 bits per heavy atom. The van der Waals surface area contributed by atoms with Gasteiger partial charge < -0.3 is 4.42 Å². The zero-order valence-electron chi connectivity index (χ0n) is 12.4. The topological polar surface area (TPSA) is 54.7 Å². The van der Waals surface area contributed by atoms with Crippen molar-refractivity contribution in [1.29, 1.82) is 0 Å². The van der Waals surface area contributed by atoms with Crippen LogP contribution in [0.2, 0.25) is 0 Å². The van der Waals surface area contributed by atoms with E-state index in [0.29, 0.717) is 5.89 Å². The van der Waals surface area contributed by atoms with E-state index in [2.05, 4.69) is 10.2 Å². The lowest BCUT2D eigenvalue weighted by Crippen LogP contribution is -1.95. The number of para-hydroxylation sites is 1. The number of benzene rings is 2. The molecule has 0 bridgehead atoms. The van der Waals surface area contributed by atoms with E-state index in [1.165, 1.54) is 0 Å². The quantitative estimate of drug-likeness (QED) is 0.533.